The normalized spacial score (nSPS) is 18.2. The molecule has 8 heteroatoms. The van der Waals surface area contributed by atoms with Crippen LogP contribution in [0.15, 0.2) is 35.5 Å². The van der Waals surface area contributed by atoms with Crippen LogP contribution in [0.1, 0.15) is 12.2 Å². The van der Waals surface area contributed by atoms with Gasteiger partial charge in [-0.15, -0.1) is 0 Å². The van der Waals surface area contributed by atoms with Crippen LogP contribution in [0.3, 0.4) is 0 Å². The van der Waals surface area contributed by atoms with Crippen LogP contribution in [0.4, 0.5) is 4.39 Å². The number of imidazole rings is 1. The molecule has 0 saturated heterocycles. The van der Waals surface area contributed by atoms with Gasteiger partial charge in [0.2, 0.25) is 10.0 Å². The summed E-state index contributed by atoms with van der Waals surface area (Å²) >= 11 is 5.69. The Labute approximate surface area is 139 Å². The average molecular weight is 358 g/mol. The molecule has 0 N–H and O–H groups in total. The van der Waals surface area contributed by atoms with Crippen LogP contribution >= 0.6 is 11.6 Å². The van der Waals surface area contributed by atoms with Gasteiger partial charge in [0.25, 0.3) is 0 Å². The number of aryl methyl sites for hydroxylation is 1. The van der Waals surface area contributed by atoms with Crippen molar-refractivity contribution in [3.05, 3.63) is 47.3 Å². The molecule has 0 spiro atoms. The summed E-state index contributed by atoms with van der Waals surface area (Å²) in [5.74, 6) is 0.285. The van der Waals surface area contributed by atoms with Gasteiger partial charge in [-0.25, -0.2) is 22.1 Å². The smallest absolute Gasteiger partial charge is 0.245 e. The van der Waals surface area contributed by atoms with Gasteiger partial charge in [0, 0.05) is 39.0 Å². The Balaban J connectivity index is 1.77. The number of nitrogens with zero attached hydrogens (tertiary/aromatic N) is 3. The second-order valence-electron chi connectivity index (χ2n) is 5.74. The Kier molecular flexibility index (Phi) is 4.44. The maximum absolute atomic E-state index is 14.0. The van der Waals surface area contributed by atoms with E-state index >= 15 is 0 Å². The van der Waals surface area contributed by atoms with Crippen molar-refractivity contribution in [3.8, 4) is 0 Å². The highest BCUT2D eigenvalue weighted by atomic mass is 35.5. The van der Waals surface area contributed by atoms with Gasteiger partial charge in [-0.05, 0) is 24.5 Å². The van der Waals surface area contributed by atoms with Crippen molar-refractivity contribution < 1.29 is 12.8 Å². The minimum Gasteiger partial charge on any atom is -0.335 e. The van der Waals surface area contributed by atoms with E-state index < -0.39 is 15.8 Å². The molecular formula is C15H17ClFN3O2S. The maximum Gasteiger partial charge on any atom is 0.245 e. The van der Waals surface area contributed by atoms with Crippen molar-refractivity contribution in [3.63, 3.8) is 0 Å². The van der Waals surface area contributed by atoms with E-state index in [0.717, 1.165) is 18.7 Å². The van der Waals surface area contributed by atoms with Crippen LogP contribution in [0, 0.1) is 11.7 Å². The standard InChI is InChI=1S/C15H17ClFN3O2S/c1-19(9-11-5-6-14-18-7-8-20(14)10-11)23(21,22)13-4-2-3-12(16)15(13)17/h2-4,7-8,11H,5-6,9-10H2,1H3/t11-/m0/s1. The number of fused-ring (bicyclic) bond motifs is 1. The van der Waals surface area contributed by atoms with Gasteiger partial charge in [0.05, 0.1) is 5.02 Å². The molecule has 0 fully saturated rings. The topological polar surface area (TPSA) is 55.2 Å². The highest BCUT2D eigenvalue weighted by Crippen LogP contribution is 2.26. The first-order valence-electron chi connectivity index (χ1n) is 7.30. The first-order chi connectivity index (χ1) is 10.9. The monoisotopic (exact) mass is 357 g/mol. The van der Waals surface area contributed by atoms with E-state index in [4.69, 9.17) is 11.6 Å². The van der Waals surface area contributed by atoms with Crippen LogP contribution in [0.5, 0.6) is 0 Å². The molecule has 0 unspecified atom stereocenters. The van der Waals surface area contributed by atoms with E-state index in [9.17, 15) is 12.8 Å². The van der Waals surface area contributed by atoms with E-state index in [0.29, 0.717) is 13.1 Å². The fourth-order valence-corrected chi connectivity index (χ4v) is 4.46. The average Bonchev–Trinajstić information content (AvgIpc) is 2.97. The number of aromatic nitrogens is 2. The highest BCUT2D eigenvalue weighted by molar-refractivity contribution is 7.89. The van der Waals surface area contributed by atoms with E-state index in [-0.39, 0.29) is 15.8 Å². The minimum atomic E-state index is -3.91. The SMILES string of the molecule is CN(C[C@@H]1CCc2nccn2C1)S(=O)(=O)c1cccc(Cl)c1F. The van der Waals surface area contributed by atoms with Crippen molar-refractivity contribution in [1.82, 2.24) is 13.9 Å². The van der Waals surface area contributed by atoms with Gasteiger partial charge in [0.1, 0.15) is 10.7 Å². The lowest BCUT2D eigenvalue weighted by Gasteiger charge is -2.27. The molecule has 0 aliphatic carbocycles. The number of sulfonamides is 1. The molecule has 124 valence electrons. The molecule has 0 saturated carbocycles. The van der Waals surface area contributed by atoms with E-state index in [1.165, 1.54) is 29.6 Å². The Morgan fingerprint density at radius 2 is 2.26 bits per heavy atom. The predicted molar refractivity (Wildman–Crippen MR) is 85.3 cm³/mol. The first-order valence-corrected chi connectivity index (χ1v) is 9.11. The summed E-state index contributed by atoms with van der Waals surface area (Å²) in [6.07, 6.45) is 5.32. The van der Waals surface area contributed by atoms with Gasteiger partial charge in [-0.1, -0.05) is 17.7 Å². The van der Waals surface area contributed by atoms with Gasteiger partial charge >= 0.3 is 0 Å². The molecule has 1 aromatic heterocycles. The third-order valence-electron chi connectivity index (χ3n) is 4.15. The fourth-order valence-electron chi connectivity index (χ4n) is 2.90. The zero-order valence-corrected chi connectivity index (χ0v) is 14.2. The molecule has 1 aliphatic heterocycles. The summed E-state index contributed by atoms with van der Waals surface area (Å²) in [7, 11) is -2.44. The third-order valence-corrected chi connectivity index (χ3v) is 6.29. The Morgan fingerprint density at radius 1 is 1.48 bits per heavy atom. The summed E-state index contributed by atoms with van der Waals surface area (Å²) in [6, 6.07) is 4.00. The van der Waals surface area contributed by atoms with E-state index in [2.05, 4.69) is 4.98 Å². The molecule has 0 bridgehead atoms. The third kappa shape index (κ3) is 3.13. The van der Waals surface area contributed by atoms with Crippen molar-refractivity contribution in [1.29, 1.82) is 0 Å². The van der Waals surface area contributed by atoms with Crippen molar-refractivity contribution in [2.75, 3.05) is 13.6 Å². The summed E-state index contributed by atoms with van der Waals surface area (Å²) < 4.78 is 42.4. The first kappa shape index (κ1) is 16.4. The lowest BCUT2D eigenvalue weighted by atomic mass is 10.00. The number of rotatable bonds is 4. The van der Waals surface area contributed by atoms with Crippen molar-refractivity contribution in [2.24, 2.45) is 5.92 Å². The Bertz CT molecular complexity index is 822. The molecule has 2 aromatic rings. The summed E-state index contributed by atoms with van der Waals surface area (Å²) in [5.41, 5.74) is 0. The highest BCUT2D eigenvalue weighted by Gasteiger charge is 2.29. The molecule has 5 nitrogen and oxygen atoms in total. The minimum absolute atomic E-state index is 0.165. The molecule has 0 amide bonds. The van der Waals surface area contributed by atoms with Crippen LogP contribution in [-0.2, 0) is 23.0 Å². The summed E-state index contributed by atoms with van der Waals surface area (Å²) in [5, 5.41) is -0.194. The van der Waals surface area contributed by atoms with Gasteiger partial charge in [0.15, 0.2) is 5.82 Å². The molecule has 23 heavy (non-hydrogen) atoms. The number of hydrogen-bond donors (Lipinski definition) is 0. The molecule has 1 aromatic carbocycles. The predicted octanol–water partition coefficient (Wildman–Crippen LogP) is 2.56. The molecule has 1 atom stereocenters. The van der Waals surface area contributed by atoms with Crippen LogP contribution in [-0.4, -0.2) is 35.9 Å². The van der Waals surface area contributed by atoms with Gasteiger partial charge in [-0.2, -0.15) is 0 Å². The number of halogens is 2. The zero-order valence-electron chi connectivity index (χ0n) is 12.6. The second-order valence-corrected chi connectivity index (χ2v) is 8.16. The maximum atomic E-state index is 14.0. The largest absolute Gasteiger partial charge is 0.335 e. The molecular weight excluding hydrogens is 341 g/mol. The second kappa shape index (κ2) is 6.22. The summed E-state index contributed by atoms with van der Waals surface area (Å²) in [6.45, 7) is 1.04. The van der Waals surface area contributed by atoms with Crippen LogP contribution < -0.4 is 0 Å². The molecule has 0 radical (unpaired) electrons. The number of benzene rings is 1. The van der Waals surface area contributed by atoms with Gasteiger partial charge < -0.3 is 4.57 Å². The quantitative estimate of drug-likeness (QED) is 0.845. The Hall–Kier alpha value is -1.44. The number of hydrogen-bond acceptors (Lipinski definition) is 3. The molecule has 1 aliphatic rings. The zero-order chi connectivity index (χ0) is 16.6. The van der Waals surface area contributed by atoms with Crippen molar-refractivity contribution in [2.45, 2.75) is 24.3 Å². The molecule has 2 heterocycles. The summed E-state index contributed by atoms with van der Waals surface area (Å²) in [4.78, 5) is 3.87. The lowest BCUT2D eigenvalue weighted by molar-refractivity contribution is 0.302. The van der Waals surface area contributed by atoms with E-state index in [1.54, 1.807) is 6.20 Å². The Morgan fingerprint density at radius 3 is 3.04 bits per heavy atom. The van der Waals surface area contributed by atoms with Gasteiger partial charge in [-0.3, -0.25) is 0 Å². The fraction of sp³-hybridized carbons (Fsp3) is 0.400. The van der Waals surface area contributed by atoms with Crippen LogP contribution in [0.2, 0.25) is 5.02 Å². The van der Waals surface area contributed by atoms with Crippen molar-refractivity contribution >= 4 is 21.6 Å². The molecule has 3 rings (SSSR count). The van der Waals surface area contributed by atoms with E-state index in [1.807, 2.05) is 10.8 Å². The van der Waals surface area contributed by atoms with Crippen LogP contribution in [0.25, 0.3) is 0 Å². The lowest BCUT2D eigenvalue weighted by Crippen LogP contribution is -2.35.